The Kier molecular flexibility index (Phi) is 5.75. The van der Waals surface area contributed by atoms with Gasteiger partial charge >= 0.3 is 0 Å². The Morgan fingerprint density at radius 2 is 1.93 bits per heavy atom. The maximum Gasteiger partial charge on any atom is 0.291 e. The number of hydrazone groups is 1. The zero-order valence-electron chi connectivity index (χ0n) is 15.0. The van der Waals surface area contributed by atoms with Crippen molar-refractivity contribution in [3.63, 3.8) is 0 Å². The molecule has 2 aromatic carbocycles. The molecule has 0 aliphatic rings. The Labute approximate surface area is 160 Å². The van der Waals surface area contributed by atoms with Crippen molar-refractivity contribution >= 4 is 17.8 Å². The van der Waals surface area contributed by atoms with Crippen LogP contribution in [-0.2, 0) is 6.54 Å². The number of carbonyl (C=O) groups excluding carboxylic acids is 1. The second kappa shape index (κ2) is 8.58. The van der Waals surface area contributed by atoms with E-state index >= 15 is 0 Å². The third-order valence-corrected chi connectivity index (χ3v) is 3.86. The number of hydrogen-bond donors (Lipinski definition) is 1. The van der Waals surface area contributed by atoms with E-state index in [1.165, 1.54) is 18.3 Å². The van der Waals surface area contributed by atoms with E-state index in [2.05, 4.69) is 15.6 Å². The van der Waals surface area contributed by atoms with Crippen LogP contribution in [0.4, 0.5) is 5.69 Å². The molecule has 142 valence electrons. The zero-order chi connectivity index (χ0) is 19.9. The van der Waals surface area contributed by atoms with Crippen LogP contribution < -0.4 is 10.2 Å². The lowest BCUT2D eigenvalue weighted by Gasteiger charge is -2.02. The van der Waals surface area contributed by atoms with Gasteiger partial charge in [0.05, 0.1) is 24.8 Å². The molecule has 0 saturated carbocycles. The van der Waals surface area contributed by atoms with Gasteiger partial charge in [-0.15, -0.1) is 0 Å². The number of hydrogen-bond acceptors (Lipinski definition) is 6. The van der Waals surface area contributed by atoms with Crippen LogP contribution in [0.5, 0.6) is 5.75 Å². The Morgan fingerprint density at radius 3 is 2.57 bits per heavy atom. The van der Waals surface area contributed by atoms with Crippen molar-refractivity contribution in [1.29, 1.82) is 0 Å². The first kappa shape index (κ1) is 18.8. The van der Waals surface area contributed by atoms with Gasteiger partial charge in [-0.3, -0.25) is 19.6 Å². The first-order valence-electron chi connectivity index (χ1n) is 8.29. The van der Waals surface area contributed by atoms with Gasteiger partial charge in [-0.1, -0.05) is 12.1 Å². The molecular formula is C19H17N5O4. The molecule has 0 aliphatic heterocycles. The van der Waals surface area contributed by atoms with Crippen molar-refractivity contribution in [2.75, 3.05) is 7.11 Å². The summed E-state index contributed by atoms with van der Waals surface area (Å²) in [5, 5.41) is 18.8. The number of carbonyl (C=O) groups is 1. The molecule has 0 atom stereocenters. The average Bonchev–Trinajstić information content (AvgIpc) is 3.17. The number of aromatic nitrogens is 2. The highest BCUT2D eigenvalue weighted by Crippen LogP contribution is 2.13. The van der Waals surface area contributed by atoms with Gasteiger partial charge in [-0.2, -0.15) is 10.2 Å². The summed E-state index contributed by atoms with van der Waals surface area (Å²) in [5.74, 6) is 0.298. The number of nitro groups is 1. The maximum atomic E-state index is 12.1. The maximum absolute atomic E-state index is 12.1. The summed E-state index contributed by atoms with van der Waals surface area (Å²) in [6.45, 7) is 0.389. The lowest BCUT2D eigenvalue weighted by Crippen LogP contribution is -2.18. The molecule has 3 aromatic rings. The largest absolute Gasteiger partial charge is 0.497 e. The number of amides is 1. The molecule has 0 bridgehead atoms. The third kappa shape index (κ3) is 4.79. The molecular weight excluding hydrogens is 362 g/mol. The van der Waals surface area contributed by atoms with Gasteiger partial charge in [0.1, 0.15) is 5.75 Å². The summed E-state index contributed by atoms with van der Waals surface area (Å²) in [6.07, 6.45) is 3.18. The molecule has 1 amide bonds. The van der Waals surface area contributed by atoms with E-state index in [9.17, 15) is 14.9 Å². The molecule has 0 unspecified atom stereocenters. The van der Waals surface area contributed by atoms with E-state index in [-0.39, 0.29) is 11.4 Å². The van der Waals surface area contributed by atoms with Crippen molar-refractivity contribution in [1.82, 2.24) is 15.2 Å². The van der Waals surface area contributed by atoms with Gasteiger partial charge in [0.25, 0.3) is 11.6 Å². The SMILES string of the molecule is COc1ccc(/C=N/NC(=O)c2ccn(Cc3ccc([N+](=O)[O-])cc3)n2)cc1. The van der Waals surface area contributed by atoms with E-state index in [4.69, 9.17) is 4.74 Å². The van der Waals surface area contributed by atoms with E-state index < -0.39 is 10.8 Å². The van der Waals surface area contributed by atoms with E-state index in [1.54, 1.807) is 48.3 Å². The minimum Gasteiger partial charge on any atom is -0.497 e. The second-order valence-electron chi connectivity index (χ2n) is 5.79. The minimum absolute atomic E-state index is 0.0269. The Hall–Kier alpha value is -4.01. The van der Waals surface area contributed by atoms with Crippen molar-refractivity contribution < 1.29 is 14.5 Å². The van der Waals surface area contributed by atoms with Gasteiger partial charge in [0.15, 0.2) is 5.69 Å². The van der Waals surface area contributed by atoms with Gasteiger partial charge < -0.3 is 4.74 Å². The molecule has 9 heteroatoms. The third-order valence-electron chi connectivity index (χ3n) is 3.86. The van der Waals surface area contributed by atoms with Crippen molar-refractivity contribution in [2.45, 2.75) is 6.54 Å². The van der Waals surface area contributed by atoms with Crippen LogP contribution in [0.3, 0.4) is 0 Å². The number of nitrogens with one attached hydrogen (secondary N) is 1. The van der Waals surface area contributed by atoms with Crippen molar-refractivity contribution in [3.05, 3.63) is 87.7 Å². The quantitative estimate of drug-likeness (QED) is 0.385. The predicted octanol–water partition coefficient (Wildman–Crippen LogP) is 2.61. The van der Waals surface area contributed by atoms with Crippen molar-refractivity contribution in [2.24, 2.45) is 5.10 Å². The molecule has 0 aliphatic carbocycles. The summed E-state index contributed by atoms with van der Waals surface area (Å²) < 4.78 is 6.65. The predicted molar refractivity (Wildman–Crippen MR) is 102 cm³/mol. The standard InChI is InChI=1S/C19H17N5O4/c1-28-17-8-4-14(5-9-17)12-20-21-19(25)18-10-11-23(22-18)13-15-2-6-16(7-3-15)24(26)27/h2-12H,13H2,1H3,(H,21,25)/b20-12+. The van der Waals surface area contributed by atoms with Gasteiger partial charge in [0, 0.05) is 18.3 Å². The molecule has 1 heterocycles. The number of nitrogens with zero attached hydrogens (tertiary/aromatic N) is 4. The summed E-state index contributed by atoms with van der Waals surface area (Å²) in [5.41, 5.74) is 4.31. The molecule has 1 N–H and O–H groups in total. The number of benzene rings is 2. The molecule has 28 heavy (non-hydrogen) atoms. The van der Waals surface area contributed by atoms with E-state index in [1.807, 2.05) is 12.1 Å². The highest BCUT2D eigenvalue weighted by atomic mass is 16.6. The Balaban J connectivity index is 1.57. The molecule has 9 nitrogen and oxygen atoms in total. The number of rotatable bonds is 7. The van der Waals surface area contributed by atoms with Crippen LogP contribution in [0.25, 0.3) is 0 Å². The van der Waals surface area contributed by atoms with Crippen LogP contribution in [0.1, 0.15) is 21.6 Å². The smallest absolute Gasteiger partial charge is 0.291 e. The van der Waals surface area contributed by atoms with Gasteiger partial charge in [-0.05, 0) is 41.5 Å². The fourth-order valence-electron chi connectivity index (χ4n) is 2.39. The zero-order valence-corrected chi connectivity index (χ0v) is 15.0. The summed E-state index contributed by atoms with van der Waals surface area (Å²) in [7, 11) is 1.59. The van der Waals surface area contributed by atoms with Gasteiger partial charge in [-0.25, -0.2) is 5.43 Å². The lowest BCUT2D eigenvalue weighted by molar-refractivity contribution is -0.384. The first-order chi connectivity index (χ1) is 13.5. The summed E-state index contributed by atoms with van der Waals surface area (Å²) in [4.78, 5) is 22.4. The Bertz CT molecular complexity index is 994. The number of ether oxygens (including phenoxy) is 1. The second-order valence-corrected chi connectivity index (χ2v) is 5.79. The molecule has 0 spiro atoms. The monoisotopic (exact) mass is 379 g/mol. The first-order valence-corrected chi connectivity index (χ1v) is 8.29. The highest BCUT2D eigenvalue weighted by Gasteiger charge is 2.09. The van der Waals surface area contributed by atoms with Crippen LogP contribution in [-0.4, -0.2) is 33.9 Å². The lowest BCUT2D eigenvalue weighted by atomic mass is 10.2. The Morgan fingerprint density at radius 1 is 1.21 bits per heavy atom. The van der Waals surface area contributed by atoms with Gasteiger partial charge in [0.2, 0.25) is 0 Å². The normalized spacial score (nSPS) is 10.8. The molecule has 3 rings (SSSR count). The molecule has 0 saturated heterocycles. The highest BCUT2D eigenvalue weighted by molar-refractivity contribution is 5.93. The van der Waals surface area contributed by atoms with E-state index in [0.29, 0.717) is 6.54 Å². The van der Waals surface area contributed by atoms with Crippen molar-refractivity contribution in [3.8, 4) is 5.75 Å². The van der Waals surface area contributed by atoms with Crippen LogP contribution in [0.2, 0.25) is 0 Å². The van der Waals surface area contributed by atoms with Crippen LogP contribution >= 0.6 is 0 Å². The number of nitro benzene ring substituents is 1. The van der Waals surface area contributed by atoms with E-state index in [0.717, 1.165) is 16.9 Å². The molecule has 0 fully saturated rings. The summed E-state index contributed by atoms with van der Waals surface area (Å²) >= 11 is 0. The topological polar surface area (TPSA) is 112 Å². The van der Waals surface area contributed by atoms with Crippen LogP contribution in [0, 0.1) is 10.1 Å². The molecule has 0 radical (unpaired) electrons. The fourth-order valence-corrected chi connectivity index (χ4v) is 2.39. The number of methoxy groups -OCH3 is 1. The molecule has 1 aromatic heterocycles. The summed E-state index contributed by atoms with van der Waals surface area (Å²) in [6, 6.07) is 15.0. The fraction of sp³-hybridized carbons (Fsp3) is 0.105. The number of non-ortho nitro benzene ring substituents is 1. The minimum atomic E-state index is -0.452. The van der Waals surface area contributed by atoms with Crippen LogP contribution in [0.15, 0.2) is 65.9 Å². The average molecular weight is 379 g/mol.